The molecule has 0 saturated carbocycles. The van der Waals surface area contributed by atoms with Gasteiger partial charge in [0, 0.05) is 12.2 Å². The Morgan fingerprint density at radius 1 is 1.13 bits per heavy atom. The largest absolute Gasteiger partial charge is 0.481 e. The quantitative estimate of drug-likeness (QED) is 0.261. The van der Waals surface area contributed by atoms with Gasteiger partial charge in [0.1, 0.15) is 0 Å². The molecule has 1 atom stereocenters. The summed E-state index contributed by atoms with van der Waals surface area (Å²) in [7, 11) is -10.0. The van der Waals surface area contributed by atoms with Crippen molar-refractivity contribution in [1.82, 2.24) is 0 Å². The smallest absolute Gasteiger partial charge is 0.381 e. The number of halogens is 3. The maximum absolute atomic E-state index is 12.7. The van der Waals surface area contributed by atoms with E-state index in [1.54, 1.807) is 13.0 Å². The Hall–Kier alpha value is -1.45. The van der Waals surface area contributed by atoms with Gasteiger partial charge in [0.15, 0.2) is 0 Å². The minimum absolute atomic E-state index is 0.358. The van der Waals surface area contributed by atoms with E-state index in [-0.39, 0.29) is 6.61 Å². The molecule has 170 valence electrons. The average Bonchev–Trinajstić information content (AvgIpc) is 2.57. The monoisotopic (exact) mass is 473 g/mol. The summed E-state index contributed by atoms with van der Waals surface area (Å²) in [5.74, 6) is 0. The molecule has 1 unspecified atom stereocenters. The van der Waals surface area contributed by atoms with Crippen LogP contribution in [0.25, 0.3) is 0 Å². The zero-order valence-electron chi connectivity index (χ0n) is 16.3. The van der Waals surface area contributed by atoms with Gasteiger partial charge in [0.25, 0.3) is 0 Å². The number of hydrogen-bond donors (Lipinski definition) is 4. The van der Waals surface area contributed by atoms with E-state index in [9.17, 15) is 22.3 Å². The fraction of sp³-hybridized carbons (Fsp3) is 0.412. The lowest BCUT2D eigenvalue weighted by molar-refractivity contribution is -0.137. The van der Waals surface area contributed by atoms with Crippen LogP contribution in [0.15, 0.2) is 47.6 Å². The summed E-state index contributed by atoms with van der Waals surface area (Å²) < 4.78 is 68.1. The number of hydrogen-bond acceptors (Lipinski definition) is 5. The first-order valence-corrected chi connectivity index (χ1v) is 11.7. The van der Waals surface area contributed by atoms with Crippen molar-refractivity contribution in [3.63, 3.8) is 0 Å². The number of nitrogens with one attached hydrogen (secondary N) is 1. The Kier molecular flexibility index (Phi) is 9.97. The highest BCUT2D eigenvalue weighted by molar-refractivity contribution is 7.60. The predicted octanol–water partition coefficient (Wildman–Crippen LogP) is 5.02. The summed E-state index contributed by atoms with van der Waals surface area (Å²) in [4.78, 5) is 26.1. The minimum atomic E-state index is -5.15. The van der Waals surface area contributed by atoms with E-state index in [0.29, 0.717) is 25.1 Å². The molecule has 13 heteroatoms. The molecule has 0 amide bonds. The number of phosphoric acid groups is 2. The lowest BCUT2D eigenvalue weighted by atomic mass is 10.1. The Balaban J connectivity index is 2.43. The van der Waals surface area contributed by atoms with Gasteiger partial charge in [-0.25, -0.2) is 9.13 Å². The van der Waals surface area contributed by atoms with Crippen LogP contribution in [-0.4, -0.2) is 27.8 Å². The second-order valence-corrected chi connectivity index (χ2v) is 9.24. The molecule has 0 aliphatic rings. The summed E-state index contributed by atoms with van der Waals surface area (Å²) in [5, 5.41) is 2.93. The van der Waals surface area contributed by atoms with Gasteiger partial charge in [-0.3, -0.25) is 4.52 Å². The third-order valence-electron chi connectivity index (χ3n) is 3.67. The molecule has 0 fully saturated rings. The van der Waals surface area contributed by atoms with E-state index < -0.39 is 27.4 Å². The van der Waals surface area contributed by atoms with Crippen LogP contribution >= 0.6 is 15.6 Å². The first-order chi connectivity index (χ1) is 13.7. The highest BCUT2D eigenvalue weighted by Gasteiger charge is 2.32. The van der Waals surface area contributed by atoms with Gasteiger partial charge in [0.05, 0.1) is 12.2 Å². The summed E-state index contributed by atoms with van der Waals surface area (Å²) >= 11 is 0. The lowest BCUT2D eigenvalue weighted by Gasteiger charge is -2.11. The Bertz CT molecular complexity index is 865. The highest BCUT2D eigenvalue weighted by atomic mass is 31.3. The van der Waals surface area contributed by atoms with Crippen LogP contribution in [0.5, 0.6) is 0 Å². The van der Waals surface area contributed by atoms with Crippen LogP contribution in [0.4, 0.5) is 18.9 Å². The molecule has 1 rings (SSSR count). The molecule has 0 bridgehead atoms. The van der Waals surface area contributed by atoms with Crippen molar-refractivity contribution < 1.29 is 45.8 Å². The number of benzene rings is 1. The minimum Gasteiger partial charge on any atom is -0.381 e. The maximum Gasteiger partial charge on any atom is 0.481 e. The molecule has 0 aliphatic heterocycles. The van der Waals surface area contributed by atoms with Crippen molar-refractivity contribution in [3.05, 3.63) is 53.1 Å². The Morgan fingerprint density at radius 3 is 2.40 bits per heavy atom. The SMILES string of the molecule is C/C(=C\COP(=O)(O)OP(=O)(O)O)CC/C=C(\C)CNc1cccc(C(F)(F)F)c1. The molecule has 0 aliphatic carbocycles. The van der Waals surface area contributed by atoms with Crippen molar-refractivity contribution >= 4 is 21.3 Å². The number of alkyl halides is 3. The number of rotatable bonds is 11. The van der Waals surface area contributed by atoms with Gasteiger partial charge in [-0.05, 0) is 44.9 Å². The summed E-state index contributed by atoms with van der Waals surface area (Å²) in [6.45, 7) is 3.55. The number of phosphoric ester groups is 1. The number of allylic oxidation sites excluding steroid dienone is 2. The summed E-state index contributed by atoms with van der Waals surface area (Å²) in [6.07, 6.45) is 0.137. The zero-order chi connectivity index (χ0) is 23.0. The molecule has 0 saturated heterocycles. The zero-order valence-corrected chi connectivity index (χ0v) is 18.1. The van der Waals surface area contributed by atoms with E-state index in [4.69, 9.17) is 14.7 Å². The molecule has 1 aromatic carbocycles. The average molecular weight is 473 g/mol. The topological polar surface area (TPSA) is 125 Å². The molecule has 4 N–H and O–H groups in total. The van der Waals surface area contributed by atoms with Gasteiger partial charge in [-0.1, -0.05) is 29.4 Å². The van der Waals surface area contributed by atoms with Crippen molar-refractivity contribution in [1.29, 1.82) is 0 Å². The second kappa shape index (κ2) is 11.2. The molecule has 30 heavy (non-hydrogen) atoms. The standard InChI is InChI=1S/C17H24F3NO7P2/c1-13(9-10-27-30(25,26)28-29(22,23)24)5-3-6-14(2)12-21-16-8-4-7-15(11-16)17(18,19)20/h4,6-9,11,21H,3,5,10,12H2,1-2H3,(H,25,26)(H2,22,23,24)/b13-9+,14-6+. The first kappa shape index (κ1) is 26.6. The Labute approximate surface area is 172 Å². The van der Waals surface area contributed by atoms with Gasteiger partial charge in [-0.15, -0.1) is 0 Å². The van der Waals surface area contributed by atoms with Crippen molar-refractivity contribution in [2.45, 2.75) is 32.9 Å². The molecular weight excluding hydrogens is 449 g/mol. The van der Waals surface area contributed by atoms with Crippen LogP contribution in [0.2, 0.25) is 0 Å². The first-order valence-electron chi connectivity index (χ1n) is 8.64. The molecular formula is C17H24F3NO7P2. The van der Waals surface area contributed by atoms with Gasteiger partial charge in [-0.2, -0.15) is 17.5 Å². The van der Waals surface area contributed by atoms with Crippen LogP contribution < -0.4 is 5.32 Å². The molecule has 8 nitrogen and oxygen atoms in total. The van der Waals surface area contributed by atoms with Gasteiger partial charge < -0.3 is 20.0 Å². The third kappa shape index (κ3) is 11.7. The molecule has 0 spiro atoms. The summed E-state index contributed by atoms with van der Waals surface area (Å²) in [6, 6.07) is 4.92. The summed E-state index contributed by atoms with van der Waals surface area (Å²) in [5.41, 5.74) is 1.33. The lowest BCUT2D eigenvalue weighted by Crippen LogP contribution is -2.07. The third-order valence-corrected chi connectivity index (χ3v) is 5.82. The van der Waals surface area contributed by atoms with Crippen LogP contribution in [0.3, 0.4) is 0 Å². The van der Waals surface area contributed by atoms with E-state index in [1.807, 2.05) is 13.0 Å². The second-order valence-electron chi connectivity index (χ2n) is 6.41. The normalized spacial score (nSPS) is 15.7. The van der Waals surface area contributed by atoms with Gasteiger partial charge >= 0.3 is 21.8 Å². The molecule has 0 aromatic heterocycles. The van der Waals surface area contributed by atoms with Crippen molar-refractivity contribution in [2.24, 2.45) is 0 Å². The highest BCUT2D eigenvalue weighted by Crippen LogP contribution is 2.57. The Morgan fingerprint density at radius 2 is 1.80 bits per heavy atom. The predicted molar refractivity (Wildman–Crippen MR) is 106 cm³/mol. The van der Waals surface area contributed by atoms with E-state index >= 15 is 0 Å². The molecule has 0 heterocycles. The van der Waals surface area contributed by atoms with Crippen LogP contribution in [0.1, 0.15) is 32.3 Å². The molecule has 1 aromatic rings. The fourth-order valence-electron chi connectivity index (χ4n) is 2.20. The van der Waals surface area contributed by atoms with E-state index in [2.05, 4.69) is 14.2 Å². The van der Waals surface area contributed by atoms with Crippen LogP contribution in [0, 0.1) is 0 Å². The van der Waals surface area contributed by atoms with Crippen molar-refractivity contribution in [2.75, 3.05) is 18.5 Å². The van der Waals surface area contributed by atoms with E-state index in [1.165, 1.54) is 12.1 Å². The molecule has 0 radical (unpaired) electrons. The number of anilines is 1. The van der Waals surface area contributed by atoms with Crippen LogP contribution in [-0.2, 0) is 24.1 Å². The van der Waals surface area contributed by atoms with Crippen molar-refractivity contribution in [3.8, 4) is 0 Å². The van der Waals surface area contributed by atoms with E-state index in [0.717, 1.165) is 23.3 Å². The maximum atomic E-state index is 12.7. The van der Waals surface area contributed by atoms with Gasteiger partial charge in [0.2, 0.25) is 0 Å². The fourth-order valence-corrected chi connectivity index (χ4v) is 3.73.